The van der Waals surface area contributed by atoms with Crippen LogP contribution in [0.5, 0.6) is 0 Å². The normalized spacial score (nSPS) is 7.40. The molecule has 0 saturated heterocycles. The molecule has 0 aromatic rings. The third-order valence-corrected chi connectivity index (χ3v) is 1.26. The average Bonchev–Trinajstić information content (AvgIpc) is 1.41. The second kappa shape index (κ2) is 4.67. The molecule has 0 heterocycles. The van der Waals surface area contributed by atoms with Crippen LogP contribution in [0.2, 0.25) is 0 Å². The summed E-state index contributed by atoms with van der Waals surface area (Å²) >= 11 is 1.56. The molecule has 0 amide bonds. The molecule has 0 atom stereocenters. The van der Waals surface area contributed by atoms with E-state index in [9.17, 15) is 0 Å². The van der Waals surface area contributed by atoms with Gasteiger partial charge in [0.2, 0.25) is 0 Å². The molecule has 0 rings (SSSR count). The van der Waals surface area contributed by atoms with Gasteiger partial charge in [0.15, 0.2) is 0 Å². The monoisotopic (exact) mass is 176 g/mol. The van der Waals surface area contributed by atoms with Crippen molar-refractivity contribution in [3.8, 4) is 0 Å². The molecule has 0 N–H and O–H groups in total. The van der Waals surface area contributed by atoms with Crippen molar-refractivity contribution in [1.29, 1.82) is 0 Å². The first kappa shape index (κ1) is 5.67. The fourth-order valence-corrected chi connectivity index (χ4v) is 0.968. The van der Waals surface area contributed by atoms with E-state index in [4.69, 9.17) is 0 Å². The van der Waals surface area contributed by atoms with E-state index in [-0.39, 0.29) is 0 Å². The summed E-state index contributed by atoms with van der Waals surface area (Å²) < 4.78 is 2.27. The van der Waals surface area contributed by atoms with Gasteiger partial charge in [0.25, 0.3) is 0 Å². The van der Waals surface area contributed by atoms with Crippen molar-refractivity contribution in [1.82, 2.24) is 0 Å². The Hall–Kier alpha value is 0.669. The standard InChI is InChI=1S/C4H8.Sn/c1-3-4-2;/h1H,3-4H2,2H3;. The van der Waals surface area contributed by atoms with Crippen LogP contribution in [0, 0.1) is 0 Å². The minimum atomic E-state index is 1.30. The van der Waals surface area contributed by atoms with E-state index in [1.54, 1.807) is 22.1 Å². The molecule has 0 bridgehead atoms. The summed E-state index contributed by atoms with van der Waals surface area (Å²) in [6, 6.07) is 0. The van der Waals surface area contributed by atoms with Gasteiger partial charge in [0.1, 0.15) is 0 Å². The zero-order valence-electron chi connectivity index (χ0n) is 3.49. The number of hydrogen-bond donors (Lipinski definition) is 0. The van der Waals surface area contributed by atoms with E-state index >= 15 is 0 Å². The van der Waals surface area contributed by atoms with Crippen molar-refractivity contribution in [3.63, 3.8) is 0 Å². The fraction of sp³-hybridized carbons (Fsp3) is 0.750. The molecule has 0 aliphatic rings. The first-order valence-electron chi connectivity index (χ1n) is 1.90. The van der Waals surface area contributed by atoms with E-state index in [0.29, 0.717) is 0 Å². The third kappa shape index (κ3) is 4.67. The van der Waals surface area contributed by atoms with E-state index < -0.39 is 0 Å². The van der Waals surface area contributed by atoms with Gasteiger partial charge in [-0.1, -0.05) is 0 Å². The number of hydrogen-bond acceptors (Lipinski definition) is 0. The van der Waals surface area contributed by atoms with Crippen molar-refractivity contribution in [2.24, 2.45) is 0 Å². The van der Waals surface area contributed by atoms with Crippen LogP contribution in [0.25, 0.3) is 0 Å². The molecule has 0 aliphatic carbocycles. The topological polar surface area (TPSA) is 0 Å². The molecule has 0 aromatic heterocycles. The van der Waals surface area contributed by atoms with E-state index in [1.165, 1.54) is 12.8 Å². The van der Waals surface area contributed by atoms with Crippen LogP contribution in [-0.4, -0.2) is 26.1 Å². The summed E-state index contributed by atoms with van der Waals surface area (Å²) in [5, 5.41) is 0. The van der Waals surface area contributed by atoms with Gasteiger partial charge in [0.05, 0.1) is 0 Å². The summed E-state index contributed by atoms with van der Waals surface area (Å²) in [5.41, 5.74) is 0. The first-order valence-corrected chi connectivity index (χ1v) is 3.55. The molecule has 0 fully saturated rings. The molecule has 1 heteroatoms. The fourth-order valence-electron chi connectivity index (χ4n) is 0.144. The molecule has 0 aliphatic heterocycles. The molecule has 0 saturated carbocycles. The van der Waals surface area contributed by atoms with Crippen LogP contribution in [0.3, 0.4) is 0 Å². The van der Waals surface area contributed by atoms with Crippen molar-refractivity contribution >= 4 is 26.1 Å². The molecule has 28 valence electrons. The molecule has 0 unspecified atom stereocenters. The summed E-state index contributed by atoms with van der Waals surface area (Å²) in [5.74, 6) is 0. The van der Waals surface area contributed by atoms with Gasteiger partial charge in [-0.15, -0.1) is 0 Å². The minimum absolute atomic E-state index is 1.30. The van der Waals surface area contributed by atoms with Gasteiger partial charge in [-0.25, -0.2) is 0 Å². The Morgan fingerprint density at radius 1 is 1.80 bits per heavy atom. The van der Waals surface area contributed by atoms with Crippen LogP contribution in [0.1, 0.15) is 19.8 Å². The van der Waals surface area contributed by atoms with Crippen molar-refractivity contribution in [2.45, 2.75) is 19.8 Å². The van der Waals surface area contributed by atoms with Crippen molar-refractivity contribution in [2.75, 3.05) is 0 Å². The van der Waals surface area contributed by atoms with E-state index in [2.05, 4.69) is 10.9 Å². The molecular formula is C4H8Sn. The van der Waals surface area contributed by atoms with Crippen molar-refractivity contribution in [3.05, 3.63) is 0 Å². The molecule has 2 radical (unpaired) electrons. The van der Waals surface area contributed by atoms with Gasteiger partial charge in [-0.3, -0.25) is 0 Å². The molecule has 0 aromatic carbocycles. The molecular weight excluding hydrogens is 167 g/mol. The second-order valence-electron chi connectivity index (χ2n) is 0.993. The van der Waals surface area contributed by atoms with Crippen LogP contribution in [-0.2, 0) is 0 Å². The Kier molecular flexibility index (Phi) is 5.29. The van der Waals surface area contributed by atoms with Crippen LogP contribution in [0.4, 0.5) is 0 Å². The zero-order chi connectivity index (χ0) is 4.12. The number of rotatable bonds is 2. The van der Waals surface area contributed by atoms with Gasteiger partial charge in [-0.2, -0.15) is 0 Å². The van der Waals surface area contributed by atoms with Crippen molar-refractivity contribution < 1.29 is 0 Å². The maximum absolute atomic E-state index is 2.27. The molecule has 0 spiro atoms. The van der Waals surface area contributed by atoms with Gasteiger partial charge < -0.3 is 0 Å². The van der Waals surface area contributed by atoms with Gasteiger partial charge in [-0.05, 0) is 0 Å². The quantitative estimate of drug-likeness (QED) is 0.543. The summed E-state index contributed by atoms with van der Waals surface area (Å²) in [6.45, 7) is 2.19. The second-order valence-corrected chi connectivity index (χ2v) is 2.16. The van der Waals surface area contributed by atoms with Gasteiger partial charge in [0, 0.05) is 0 Å². The Bertz CT molecular complexity index is 24.8. The van der Waals surface area contributed by atoms with Crippen LogP contribution < -0.4 is 0 Å². The van der Waals surface area contributed by atoms with Crippen LogP contribution >= 0.6 is 0 Å². The summed E-state index contributed by atoms with van der Waals surface area (Å²) in [7, 11) is 0. The van der Waals surface area contributed by atoms with E-state index in [0.717, 1.165) is 0 Å². The third-order valence-electron chi connectivity index (χ3n) is 0.433. The van der Waals surface area contributed by atoms with E-state index in [1.807, 2.05) is 0 Å². The average molecular weight is 175 g/mol. The molecule has 5 heavy (non-hydrogen) atoms. The molecule has 0 nitrogen and oxygen atoms in total. The Morgan fingerprint density at radius 3 is 2.40 bits per heavy atom. The SMILES string of the molecule is CCC[CH]=[Sn]. The summed E-state index contributed by atoms with van der Waals surface area (Å²) in [6.07, 6.45) is 2.61. The predicted molar refractivity (Wildman–Crippen MR) is 26.7 cm³/mol. The maximum atomic E-state index is 2.27. The first-order chi connectivity index (χ1) is 2.41. The Morgan fingerprint density at radius 2 is 2.40 bits per heavy atom. The zero-order valence-corrected chi connectivity index (χ0v) is 6.35. The summed E-state index contributed by atoms with van der Waals surface area (Å²) in [4.78, 5) is 0. The van der Waals surface area contributed by atoms with Crippen LogP contribution in [0.15, 0.2) is 0 Å². The number of unbranched alkanes of at least 4 members (excludes halogenated alkanes) is 1. The Labute approximate surface area is 46.2 Å². The Balaban J connectivity index is 2.40. The predicted octanol–water partition coefficient (Wildman–Crippen LogP) is 0.757. The van der Waals surface area contributed by atoms with Gasteiger partial charge >= 0.3 is 45.8 Å².